The number of carbonyl (C=O) groups is 1. The van der Waals surface area contributed by atoms with Gasteiger partial charge in [0.15, 0.2) is 0 Å². The molecule has 1 heterocycles. The molecule has 3 aromatic rings. The monoisotopic (exact) mass is 394 g/mol. The normalized spacial score (nSPS) is 15.0. The van der Waals surface area contributed by atoms with Crippen molar-refractivity contribution in [3.8, 4) is 0 Å². The topological polar surface area (TPSA) is 66.5 Å². The van der Waals surface area contributed by atoms with Crippen molar-refractivity contribution < 1.29 is 13.2 Å². The number of hydrogen-bond acceptors (Lipinski definition) is 3. The van der Waals surface area contributed by atoms with E-state index >= 15 is 0 Å². The van der Waals surface area contributed by atoms with Gasteiger partial charge in [0.2, 0.25) is 10.0 Å². The summed E-state index contributed by atoms with van der Waals surface area (Å²) in [6.07, 6.45) is 1.75. The average Bonchev–Trinajstić information content (AvgIpc) is 3.24. The Morgan fingerprint density at radius 1 is 0.929 bits per heavy atom. The summed E-state index contributed by atoms with van der Waals surface area (Å²) in [7, 11) is -3.57. The molecule has 0 unspecified atom stereocenters. The zero-order chi connectivity index (χ0) is 19.7. The number of nitrogens with zero attached hydrogens (tertiary/aromatic N) is 1. The predicted molar refractivity (Wildman–Crippen MR) is 111 cm³/mol. The van der Waals surface area contributed by atoms with Crippen LogP contribution in [-0.2, 0) is 10.0 Å². The third-order valence-electron chi connectivity index (χ3n) is 5.14. The van der Waals surface area contributed by atoms with Crippen molar-refractivity contribution in [1.82, 2.24) is 4.31 Å². The summed E-state index contributed by atoms with van der Waals surface area (Å²) in [5, 5.41) is 4.99. The molecule has 144 valence electrons. The Hall–Kier alpha value is -2.70. The molecule has 0 bridgehead atoms. The largest absolute Gasteiger partial charge is 0.322 e. The van der Waals surface area contributed by atoms with Crippen molar-refractivity contribution in [3.05, 3.63) is 71.8 Å². The fraction of sp³-hybridized carbons (Fsp3) is 0.227. The average molecular weight is 394 g/mol. The molecule has 0 aliphatic carbocycles. The number of aryl methyl sites for hydroxylation is 1. The van der Waals surface area contributed by atoms with E-state index in [0.29, 0.717) is 29.9 Å². The van der Waals surface area contributed by atoms with E-state index in [1.165, 1.54) is 10.4 Å². The van der Waals surface area contributed by atoms with E-state index in [1.807, 2.05) is 42.5 Å². The quantitative estimate of drug-likeness (QED) is 0.722. The summed E-state index contributed by atoms with van der Waals surface area (Å²) in [6, 6.07) is 18.4. The number of anilines is 1. The number of nitrogens with one attached hydrogen (secondary N) is 1. The molecule has 28 heavy (non-hydrogen) atoms. The van der Waals surface area contributed by atoms with Gasteiger partial charge in [0, 0.05) is 24.3 Å². The first kappa shape index (κ1) is 18.7. The molecule has 3 aromatic carbocycles. The first-order valence-electron chi connectivity index (χ1n) is 9.36. The van der Waals surface area contributed by atoms with Gasteiger partial charge in [-0.2, -0.15) is 4.31 Å². The summed E-state index contributed by atoms with van der Waals surface area (Å²) < 4.78 is 27.4. The number of fused-ring (bicyclic) bond motifs is 1. The van der Waals surface area contributed by atoms with Gasteiger partial charge in [-0.15, -0.1) is 0 Å². The smallest absolute Gasteiger partial charge is 0.255 e. The highest BCUT2D eigenvalue weighted by molar-refractivity contribution is 7.89. The minimum Gasteiger partial charge on any atom is -0.322 e. The Morgan fingerprint density at radius 2 is 1.64 bits per heavy atom. The lowest BCUT2D eigenvalue weighted by Crippen LogP contribution is -2.28. The van der Waals surface area contributed by atoms with Crippen LogP contribution in [0.1, 0.15) is 28.8 Å². The summed E-state index contributed by atoms with van der Waals surface area (Å²) >= 11 is 0. The van der Waals surface area contributed by atoms with Crippen LogP contribution in [0.5, 0.6) is 0 Å². The van der Waals surface area contributed by atoms with Crippen LogP contribution < -0.4 is 5.32 Å². The van der Waals surface area contributed by atoms with Crippen LogP contribution in [0.15, 0.2) is 65.6 Å². The van der Waals surface area contributed by atoms with Crippen molar-refractivity contribution in [3.63, 3.8) is 0 Å². The second-order valence-electron chi connectivity index (χ2n) is 7.11. The van der Waals surface area contributed by atoms with Crippen LogP contribution in [0.4, 0.5) is 5.69 Å². The lowest BCUT2D eigenvalue weighted by Gasteiger charge is -2.18. The minimum atomic E-state index is -3.57. The molecule has 0 radical (unpaired) electrons. The SMILES string of the molecule is Cc1ccc(C(=O)Nc2ccc3ccccc3c2)cc1S(=O)(=O)N1CCCC1. The molecular weight excluding hydrogens is 372 g/mol. The first-order chi connectivity index (χ1) is 13.4. The zero-order valence-corrected chi connectivity index (χ0v) is 16.5. The van der Waals surface area contributed by atoms with Crippen molar-refractivity contribution in [2.24, 2.45) is 0 Å². The first-order valence-corrected chi connectivity index (χ1v) is 10.8. The Morgan fingerprint density at radius 3 is 2.39 bits per heavy atom. The maximum atomic E-state index is 12.9. The van der Waals surface area contributed by atoms with Gasteiger partial charge in [0.25, 0.3) is 5.91 Å². The van der Waals surface area contributed by atoms with E-state index in [2.05, 4.69) is 5.32 Å². The van der Waals surface area contributed by atoms with Gasteiger partial charge in [0.1, 0.15) is 0 Å². The molecule has 1 saturated heterocycles. The molecule has 4 rings (SSSR count). The molecule has 6 heteroatoms. The molecule has 0 saturated carbocycles. The number of amides is 1. The van der Waals surface area contributed by atoms with Gasteiger partial charge in [-0.1, -0.05) is 36.4 Å². The molecule has 1 amide bonds. The molecule has 1 fully saturated rings. The second-order valence-corrected chi connectivity index (χ2v) is 9.01. The number of benzene rings is 3. The van der Waals surface area contributed by atoms with Crippen molar-refractivity contribution in [2.45, 2.75) is 24.7 Å². The van der Waals surface area contributed by atoms with Gasteiger partial charge < -0.3 is 5.32 Å². The van der Waals surface area contributed by atoms with E-state index < -0.39 is 10.0 Å². The molecule has 0 aromatic heterocycles. The summed E-state index contributed by atoms with van der Waals surface area (Å²) in [4.78, 5) is 13.0. The van der Waals surface area contributed by atoms with E-state index in [-0.39, 0.29) is 10.8 Å². The Kier molecular flexibility index (Phi) is 4.91. The number of sulfonamides is 1. The second kappa shape index (κ2) is 7.37. The van der Waals surface area contributed by atoms with E-state index in [0.717, 1.165) is 23.6 Å². The maximum Gasteiger partial charge on any atom is 0.255 e. The van der Waals surface area contributed by atoms with Crippen LogP contribution >= 0.6 is 0 Å². The Balaban J connectivity index is 1.62. The lowest BCUT2D eigenvalue weighted by molar-refractivity contribution is 0.102. The number of hydrogen-bond donors (Lipinski definition) is 1. The predicted octanol–water partition coefficient (Wildman–Crippen LogP) is 4.19. The van der Waals surface area contributed by atoms with Gasteiger partial charge in [0.05, 0.1) is 4.90 Å². The van der Waals surface area contributed by atoms with E-state index in [1.54, 1.807) is 19.1 Å². The maximum absolute atomic E-state index is 12.9. The van der Waals surface area contributed by atoms with Gasteiger partial charge in [-0.3, -0.25) is 4.79 Å². The number of carbonyl (C=O) groups excluding carboxylic acids is 1. The fourth-order valence-corrected chi connectivity index (χ4v) is 5.33. The molecule has 1 aliphatic rings. The van der Waals surface area contributed by atoms with Crippen molar-refractivity contribution >= 4 is 32.4 Å². The fourth-order valence-electron chi connectivity index (χ4n) is 3.56. The summed E-state index contributed by atoms with van der Waals surface area (Å²) in [5.74, 6) is -0.326. The molecular formula is C22H22N2O3S. The zero-order valence-electron chi connectivity index (χ0n) is 15.7. The van der Waals surface area contributed by atoms with Crippen LogP contribution in [0.3, 0.4) is 0 Å². The van der Waals surface area contributed by atoms with Gasteiger partial charge in [-0.25, -0.2) is 8.42 Å². The van der Waals surface area contributed by atoms with E-state index in [4.69, 9.17) is 0 Å². The highest BCUT2D eigenvalue weighted by atomic mass is 32.2. The molecule has 0 atom stereocenters. The number of rotatable bonds is 4. The van der Waals surface area contributed by atoms with E-state index in [9.17, 15) is 13.2 Å². The molecule has 5 nitrogen and oxygen atoms in total. The Bertz CT molecular complexity index is 1150. The summed E-state index contributed by atoms with van der Waals surface area (Å²) in [5.41, 5.74) is 1.65. The van der Waals surface area contributed by atoms with Gasteiger partial charge >= 0.3 is 0 Å². The molecule has 1 N–H and O–H groups in total. The highest BCUT2D eigenvalue weighted by Gasteiger charge is 2.29. The van der Waals surface area contributed by atoms with Gasteiger partial charge in [-0.05, 0) is 60.4 Å². The Labute approximate surface area is 165 Å². The van der Waals surface area contributed by atoms with Crippen LogP contribution in [0.2, 0.25) is 0 Å². The highest BCUT2D eigenvalue weighted by Crippen LogP contribution is 2.25. The standard InChI is InChI=1S/C22H22N2O3S/c1-16-8-9-19(15-21(16)28(26,27)24-12-4-5-13-24)22(25)23-20-11-10-17-6-2-3-7-18(17)14-20/h2-3,6-11,14-15H,4-5,12-13H2,1H3,(H,23,25). The van der Waals surface area contributed by atoms with Crippen LogP contribution in [-0.4, -0.2) is 31.7 Å². The van der Waals surface area contributed by atoms with Crippen LogP contribution in [0.25, 0.3) is 10.8 Å². The lowest BCUT2D eigenvalue weighted by atomic mass is 10.1. The van der Waals surface area contributed by atoms with Crippen molar-refractivity contribution in [2.75, 3.05) is 18.4 Å². The summed E-state index contributed by atoms with van der Waals surface area (Å²) in [6.45, 7) is 2.83. The van der Waals surface area contributed by atoms with Crippen molar-refractivity contribution in [1.29, 1.82) is 0 Å². The minimum absolute atomic E-state index is 0.209. The molecule has 1 aliphatic heterocycles. The third kappa shape index (κ3) is 3.53. The van der Waals surface area contributed by atoms with Crippen LogP contribution in [0, 0.1) is 6.92 Å². The molecule has 0 spiro atoms. The third-order valence-corrected chi connectivity index (χ3v) is 7.18.